The van der Waals surface area contributed by atoms with E-state index in [9.17, 15) is 10.4 Å². The Balaban J connectivity index is 2.19. The Hall–Kier alpha value is -2.35. The van der Waals surface area contributed by atoms with Crippen LogP contribution in [0.5, 0.6) is 0 Å². The van der Waals surface area contributed by atoms with Crippen LogP contribution in [-0.2, 0) is 0 Å². The second-order valence-electron chi connectivity index (χ2n) is 5.62. The number of nitrogen functional groups attached to an aromatic ring is 1. The van der Waals surface area contributed by atoms with Crippen molar-refractivity contribution in [3.05, 3.63) is 65.7 Å². The number of hydrogen-bond donors (Lipinski definition) is 3. The zero-order valence-electron chi connectivity index (χ0n) is 12.9. The van der Waals surface area contributed by atoms with E-state index in [0.29, 0.717) is 5.69 Å². The first-order chi connectivity index (χ1) is 10.5. The molecule has 2 aromatic carbocycles. The SMILES string of the molecule is C[C@H]([C@H](O)c1ccccc1)[NH+](C)[C@H](C#N)c1ccc(N)cc1. The maximum absolute atomic E-state index is 10.5. The molecule has 0 aromatic heterocycles. The van der Waals surface area contributed by atoms with Crippen molar-refractivity contribution in [2.45, 2.75) is 25.1 Å². The molecule has 1 unspecified atom stereocenters. The third-order valence-electron chi connectivity index (χ3n) is 4.19. The molecule has 2 rings (SSSR count). The molecule has 0 bridgehead atoms. The van der Waals surface area contributed by atoms with Gasteiger partial charge in [-0.15, -0.1) is 0 Å². The van der Waals surface area contributed by atoms with E-state index in [1.54, 1.807) is 12.1 Å². The molecule has 0 aliphatic carbocycles. The third-order valence-corrected chi connectivity index (χ3v) is 4.19. The Morgan fingerprint density at radius 1 is 1.05 bits per heavy atom. The van der Waals surface area contributed by atoms with Crippen LogP contribution in [0.4, 0.5) is 5.69 Å². The van der Waals surface area contributed by atoms with Crippen molar-refractivity contribution in [2.24, 2.45) is 0 Å². The topological polar surface area (TPSA) is 74.5 Å². The van der Waals surface area contributed by atoms with Crippen molar-refractivity contribution in [1.29, 1.82) is 5.26 Å². The van der Waals surface area contributed by atoms with Gasteiger partial charge in [0.05, 0.1) is 7.05 Å². The number of nitrogens with two attached hydrogens (primary N) is 1. The zero-order chi connectivity index (χ0) is 16.1. The summed E-state index contributed by atoms with van der Waals surface area (Å²) in [5, 5.41) is 20.1. The summed E-state index contributed by atoms with van der Waals surface area (Å²) in [6.07, 6.45) is -0.620. The van der Waals surface area contributed by atoms with E-state index in [0.717, 1.165) is 16.0 Å². The van der Waals surface area contributed by atoms with E-state index in [1.807, 2.05) is 56.4 Å². The number of aliphatic hydroxyl groups excluding tert-OH is 1. The number of nitrogens with one attached hydrogen (secondary N) is 1. The minimum absolute atomic E-state index is 0.121. The highest BCUT2D eigenvalue weighted by Crippen LogP contribution is 2.17. The highest BCUT2D eigenvalue weighted by molar-refractivity contribution is 5.40. The normalized spacial score (nSPS) is 16.3. The number of rotatable bonds is 5. The molecule has 4 heteroatoms. The average molecular weight is 296 g/mol. The Kier molecular flexibility index (Phi) is 5.16. The quantitative estimate of drug-likeness (QED) is 0.732. The van der Waals surface area contributed by atoms with E-state index < -0.39 is 6.10 Å². The second-order valence-corrected chi connectivity index (χ2v) is 5.62. The molecule has 0 aliphatic heterocycles. The van der Waals surface area contributed by atoms with Gasteiger partial charge < -0.3 is 15.7 Å². The molecule has 114 valence electrons. The van der Waals surface area contributed by atoms with E-state index in [2.05, 4.69) is 6.07 Å². The molecule has 0 spiro atoms. The van der Waals surface area contributed by atoms with Crippen molar-refractivity contribution in [2.75, 3.05) is 12.8 Å². The highest BCUT2D eigenvalue weighted by Gasteiger charge is 2.30. The smallest absolute Gasteiger partial charge is 0.200 e. The van der Waals surface area contributed by atoms with Crippen LogP contribution >= 0.6 is 0 Å². The number of anilines is 1. The number of nitriles is 1. The molecule has 4 nitrogen and oxygen atoms in total. The van der Waals surface area contributed by atoms with Gasteiger partial charge in [0.25, 0.3) is 0 Å². The van der Waals surface area contributed by atoms with E-state index >= 15 is 0 Å². The van der Waals surface area contributed by atoms with Gasteiger partial charge >= 0.3 is 0 Å². The highest BCUT2D eigenvalue weighted by atomic mass is 16.3. The van der Waals surface area contributed by atoms with E-state index in [4.69, 9.17) is 5.73 Å². The van der Waals surface area contributed by atoms with Crippen LogP contribution in [0.1, 0.15) is 30.2 Å². The molecule has 0 saturated heterocycles. The summed E-state index contributed by atoms with van der Waals surface area (Å²) in [7, 11) is 1.93. The third kappa shape index (κ3) is 3.45. The van der Waals surface area contributed by atoms with Gasteiger partial charge in [0.15, 0.2) is 0 Å². The van der Waals surface area contributed by atoms with Gasteiger partial charge in [-0.05, 0) is 36.8 Å². The van der Waals surface area contributed by atoms with E-state index in [-0.39, 0.29) is 12.1 Å². The molecule has 0 amide bonds. The number of aliphatic hydroxyl groups is 1. The first-order valence-corrected chi connectivity index (χ1v) is 7.36. The van der Waals surface area contributed by atoms with Crippen molar-refractivity contribution in [3.8, 4) is 6.07 Å². The van der Waals surface area contributed by atoms with Crippen LogP contribution in [0.15, 0.2) is 54.6 Å². The Labute approximate surface area is 131 Å². The van der Waals surface area contributed by atoms with Crippen molar-refractivity contribution in [1.82, 2.24) is 0 Å². The molecule has 4 atom stereocenters. The van der Waals surface area contributed by atoms with Crippen molar-refractivity contribution in [3.63, 3.8) is 0 Å². The molecular formula is C18H22N3O+. The maximum atomic E-state index is 10.5. The summed E-state index contributed by atoms with van der Waals surface area (Å²) in [6, 6.07) is 18.7. The van der Waals surface area contributed by atoms with Crippen LogP contribution in [-0.4, -0.2) is 18.2 Å². The monoisotopic (exact) mass is 296 g/mol. The Bertz CT molecular complexity index is 634. The lowest BCUT2D eigenvalue weighted by molar-refractivity contribution is -0.931. The number of nitrogens with zero attached hydrogens (tertiary/aromatic N) is 1. The molecule has 0 radical (unpaired) electrons. The number of quaternary nitrogens is 1. The maximum Gasteiger partial charge on any atom is 0.200 e. The Morgan fingerprint density at radius 3 is 2.18 bits per heavy atom. The van der Waals surface area contributed by atoms with Crippen molar-refractivity contribution < 1.29 is 10.0 Å². The molecule has 22 heavy (non-hydrogen) atoms. The lowest BCUT2D eigenvalue weighted by Gasteiger charge is -2.29. The van der Waals surface area contributed by atoms with Gasteiger partial charge in [0.1, 0.15) is 18.2 Å². The molecular weight excluding hydrogens is 274 g/mol. The van der Waals surface area contributed by atoms with Gasteiger partial charge in [-0.3, -0.25) is 0 Å². The fourth-order valence-electron chi connectivity index (χ4n) is 2.58. The number of likely N-dealkylation sites (N-methyl/N-ethyl adjacent to an activating group) is 1. The van der Waals surface area contributed by atoms with Crippen LogP contribution in [0, 0.1) is 11.3 Å². The standard InChI is InChI=1S/C18H21N3O/c1-13(18(22)15-6-4-3-5-7-15)21(2)17(12-19)14-8-10-16(20)11-9-14/h3-11,13,17-18,22H,20H2,1-2H3/p+1/t13-,17-,18+/m1/s1. The molecule has 0 aliphatic rings. The molecule has 4 N–H and O–H groups in total. The molecule has 0 fully saturated rings. The summed E-state index contributed by atoms with van der Waals surface area (Å²) in [5.41, 5.74) is 8.14. The first kappa shape index (κ1) is 16.0. The van der Waals surface area contributed by atoms with Gasteiger partial charge in [0.2, 0.25) is 6.04 Å². The average Bonchev–Trinajstić information content (AvgIpc) is 2.56. The molecule has 2 aromatic rings. The first-order valence-electron chi connectivity index (χ1n) is 7.36. The fourth-order valence-corrected chi connectivity index (χ4v) is 2.58. The minimum atomic E-state index is -0.620. The second kappa shape index (κ2) is 7.08. The van der Waals surface area contributed by atoms with Gasteiger partial charge in [-0.25, -0.2) is 0 Å². The van der Waals surface area contributed by atoms with Gasteiger partial charge in [-0.1, -0.05) is 30.3 Å². The minimum Gasteiger partial charge on any atom is -0.399 e. The number of hydrogen-bond acceptors (Lipinski definition) is 3. The lowest BCUT2D eigenvalue weighted by Crippen LogP contribution is -3.13. The lowest BCUT2D eigenvalue weighted by atomic mass is 9.99. The zero-order valence-corrected chi connectivity index (χ0v) is 12.9. The van der Waals surface area contributed by atoms with Crippen LogP contribution in [0.25, 0.3) is 0 Å². The summed E-state index contributed by atoms with van der Waals surface area (Å²) >= 11 is 0. The Morgan fingerprint density at radius 2 is 1.64 bits per heavy atom. The predicted molar refractivity (Wildman–Crippen MR) is 87.0 cm³/mol. The molecule has 0 saturated carbocycles. The summed E-state index contributed by atoms with van der Waals surface area (Å²) in [4.78, 5) is 0.948. The summed E-state index contributed by atoms with van der Waals surface area (Å²) in [5.74, 6) is 0. The fraction of sp³-hybridized carbons (Fsp3) is 0.278. The summed E-state index contributed by atoms with van der Waals surface area (Å²) in [6.45, 7) is 1.95. The van der Waals surface area contributed by atoms with E-state index in [1.165, 1.54) is 0 Å². The van der Waals surface area contributed by atoms with Gasteiger partial charge in [0, 0.05) is 11.3 Å². The number of benzene rings is 2. The van der Waals surface area contributed by atoms with Crippen molar-refractivity contribution >= 4 is 5.69 Å². The van der Waals surface area contributed by atoms with Crippen LogP contribution in [0.3, 0.4) is 0 Å². The predicted octanol–water partition coefficient (Wildman–Crippen LogP) is 1.47. The molecule has 0 heterocycles. The van der Waals surface area contributed by atoms with Crippen LogP contribution in [0.2, 0.25) is 0 Å². The summed E-state index contributed by atoms with van der Waals surface area (Å²) < 4.78 is 0. The largest absolute Gasteiger partial charge is 0.399 e. The van der Waals surface area contributed by atoms with Crippen LogP contribution < -0.4 is 10.6 Å². The van der Waals surface area contributed by atoms with Gasteiger partial charge in [-0.2, -0.15) is 5.26 Å².